The van der Waals surface area contributed by atoms with Gasteiger partial charge in [-0.2, -0.15) is 0 Å². The minimum absolute atomic E-state index is 1.37. The van der Waals surface area contributed by atoms with Crippen LogP contribution in [0.25, 0.3) is 31.3 Å². The minimum atomic E-state index is -2.40. The van der Waals surface area contributed by atoms with E-state index < -0.39 is 8.07 Å². The lowest BCUT2D eigenvalue weighted by atomic mass is 10.0. The van der Waals surface area contributed by atoms with Crippen LogP contribution in [0.3, 0.4) is 0 Å². The van der Waals surface area contributed by atoms with Crippen molar-refractivity contribution in [3.63, 3.8) is 0 Å². The monoisotopic (exact) mass is 440 g/mol. The normalized spacial score (nSPS) is 13.9. The highest BCUT2D eigenvalue weighted by Crippen LogP contribution is 2.38. The number of fused-ring (bicyclic) bond motifs is 6. The van der Waals surface area contributed by atoms with Crippen molar-refractivity contribution in [3.05, 3.63) is 121 Å². The summed E-state index contributed by atoms with van der Waals surface area (Å²) in [6.45, 7) is 0. The van der Waals surface area contributed by atoms with E-state index in [-0.39, 0.29) is 0 Å². The third kappa shape index (κ3) is 2.31. The number of rotatable bonds is 2. The molecule has 1 aromatic heterocycles. The van der Waals surface area contributed by atoms with Crippen molar-refractivity contribution in [2.24, 2.45) is 0 Å². The van der Waals surface area contributed by atoms with Gasteiger partial charge in [0.25, 0.3) is 0 Å². The van der Waals surface area contributed by atoms with Crippen LogP contribution in [0.15, 0.2) is 121 Å². The lowest BCUT2D eigenvalue weighted by molar-refractivity contribution is 1.70. The minimum Gasteiger partial charge on any atom is -0.135 e. The first-order chi connectivity index (χ1) is 15.9. The van der Waals surface area contributed by atoms with E-state index in [4.69, 9.17) is 0 Å². The number of hydrogen-bond donors (Lipinski definition) is 0. The zero-order chi connectivity index (χ0) is 21.1. The van der Waals surface area contributed by atoms with Crippen LogP contribution < -0.4 is 20.7 Å². The van der Waals surface area contributed by atoms with Crippen LogP contribution in [-0.2, 0) is 0 Å². The van der Waals surface area contributed by atoms with E-state index in [9.17, 15) is 0 Å². The maximum absolute atomic E-state index is 2.54. The summed E-state index contributed by atoms with van der Waals surface area (Å²) in [6.07, 6.45) is 0. The fraction of sp³-hybridized carbons (Fsp3) is 0. The van der Waals surface area contributed by atoms with E-state index in [1.54, 1.807) is 0 Å². The molecule has 6 aromatic rings. The van der Waals surface area contributed by atoms with Crippen LogP contribution >= 0.6 is 11.3 Å². The Labute approximate surface area is 192 Å². The summed E-state index contributed by atoms with van der Waals surface area (Å²) >= 11 is 1.91. The highest BCUT2D eigenvalue weighted by Gasteiger charge is 2.48. The molecule has 5 aromatic carbocycles. The van der Waals surface area contributed by atoms with Crippen LogP contribution in [0, 0.1) is 0 Å². The largest absolute Gasteiger partial charge is 0.180 e. The van der Waals surface area contributed by atoms with E-state index in [1.807, 2.05) is 11.3 Å². The molecule has 0 fully saturated rings. The SMILES string of the molecule is c1ccc([Si]2(c3ccccc3)c3ccccc3-c3cc4sc5ccccc5c4cc32)cc1. The molecule has 0 saturated heterocycles. The molecule has 2 heterocycles. The number of thiophene rings is 1. The third-order valence-electron chi connectivity index (χ3n) is 6.96. The molecule has 0 bridgehead atoms. The molecule has 2 heteroatoms. The molecule has 1 aliphatic heterocycles. The van der Waals surface area contributed by atoms with Crippen molar-refractivity contribution >= 4 is 60.3 Å². The van der Waals surface area contributed by atoms with E-state index in [0.717, 1.165) is 0 Å². The predicted molar refractivity (Wildman–Crippen MR) is 142 cm³/mol. The van der Waals surface area contributed by atoms with Crippen LogP contribution in [0.1, 0.15) is 0 Å². The Morgan fingerprint density at radius 2 is 1.06 bits per heavy atom. The molecule has 7 rings (SSSR count). The molecule has 0 atom stereocenters. The summed E-state index contributed by atoms with van der Waals surface area (Å²) in [5.41, 5.74) is 2.82. The van der Waals surface area contributed by atoms with E-state index >= 15 is 0 Å². The van der Waals surface area contributed by atoms with Gasteiger partial charge < -0.3 is 0 Å². The molecule has 0 nitrogen and oxygen atoms in total. The number of hydrogen-bond acceptors (Lipinski definition) is 1. The van der Waals surface area contributed by atoms with Gasteiger partial charge in [-0.15, -0.1) is 11.3 Å². The quantitative estimate of drug-likeness (QED) is 0.315. The van der Waals surface area contributed by atoms with Crippen molar-refractivity contribution in [3.8, 4) is 11.1 Å². The maximum Gasteiger partial charge on any atom is 0.180 e. The van der Waals surface area contributed by atoms with Gasteiger partial charge in [0.2, 0.25) is 0 Å². The van der Waals surface area contributed by atoms with Gasteiger partial charge >= 0.3 is 0 Å². The third-order valence-corrected chi connectivity index (χ3v) is 13.0. The lowest BCUT2D eigenvalue weighted by Gasteiger charge is -2.31. The van der Waals surface area contributed by atoms with Crippen LogP contribution in [0.4, 0.5) is 0 Å². The van der Waals surface area contributed by atoms with Crippen molar-refractivity contribution in [1.82, 2.24) is 0 Å². The summed E-state index contributed by atoms with van der Waals surface area (Å²) in [5, 5.41) is 8.70. The second kappa shape index (κ2) is 6.77. The molecule has 0 aliphatic carbocycles. The second-order valence-corrected chi connectivity index (χ2v) is 13.3. The molecular formula is C30H20SSi. The Morgan fingerprint density at radius 1 is 0.438 bits per heavy atom. The second-order valence-electron chi connectivity index (χ2n) is 8.52. The van der Waals surface area contributed by atoms with Gasteiger partial charge in [-0.3, -0.25) is 0 Å². The average Bonchev–Trinajstić information content (AvgIpc) is 3.37. The first-order valence-electron chi connectivity index (χ1n) is 11.0. The Balaban J connectivity index is 1.70. The zero-order valence-corrected chi connectivity index (χ0v) is 19.3. The molecule has 150 valence electrons. The van der Waals surface area contributed by atoms with Gasteiger partial charge in [-0.25, -0.2) is 0 Å². The molecule has 0 saturated carbocycles. The highest BCUT2D eigenvalue weighted by molar-refractivity contribution is 7.26. The average molecular weight is 441 g/mol. The van der Waals surface area contributed by atoms with Crippen molar-refractivity contribution < 1.29 is 0 Å². The van der Waals surface area contributed by atoms with E-state index in [1.165, 1.54) is 52.0 Å². The van der Waals surface area contributed by atoms with Crippen LogP contribution in [0.5, 0.6) is 0 Å². The fourth-order valence-electron chi connectivity index (χ4n) is 5.66. The van der Waals surface area contributed by atoms with Crippen molar-refractivity contribution in [2.45, 2.75) is 0 Å². The molecule has 1 aliphatic rings. The van der Waals surface area contributed by atoms with Gasteiger partial charge in [0.05, 0.1) is 0 Å². The maximum atomic E-state index is 2.54. The van der Waals surface area contributed by atoms with E-state index in [2.05, 4.69) is 121 Å². The number of benzene rings is 5. The van der Waals surface area contributed by atoms with Crippen LogP contribution in [0.2, 0.25) is 0 Å². The molecule has 0 N–H and O–H groups in total. The highest BCUT2D eigenvalue weighted by atomic mass is 32.1. The van der Waals surface area contributed by atoms with Gasteiger partial charge in [-0.05, 0) is 44.0 Å². The molecule has 0 amide bonds. The topological polar surface area (TPSA) is 0 Å². The molecule has 0 radical (unpaired) electrons. The fourth-order valence-corrected chi connectivity index (χ4v) is 12.0. The molecule has 0 spiro atoms. The molecule has 32 heavy (non-hydrogen) atoms. The Morgan fingerprint density at radius 3 is 1.81 bits per heavy atom. The summed E-state index contributed by atoms with van der Waals surface area (Å²) < 4.78 is 2.75. The van der Waals surface area contributed by atoms with Crippen molar-refractivity contribution in [2.75, 3.05) is 0 Å². The van der Waals surface area contributed by atoms with E-state index in [0.29, 0.717) is 0 Å². The Hall–Kier alpha value is -3.46. The van der Waals surface area contributed by atoms with Gasteiger partial charge in [-0.1, -0.05) is 109 Å². The van der Waals surface area contributed by atoms with Crippen molar-refractivity contribution in [1.29, 1.82) is 0 Å². The molecular weight excluding hydrogens is 420 g/mol. The summed E-state index contributed by atoms with van der Waals surface area (Å²) in [6, 6.07) is 45.4. The lowest BCUT2D eigenvalue weighted by Crippen LogP contribution is -2.72. The summed E-state index contributed by atoms with van der Waals surface area (Å²) in [7, 11) is -2.40. The smallest absolute Gasteiger partial charge is 0.135 e. The first-order valence-corrected chi connectivity index (χ1v) is 13.9. The summed E-state index contributed by atoms with van der Waals surface area (Å²) in [4.78, 5) is 0. The van der Waals surface area contributed by atoms with Gasteiger partial charge in [0, 0.05) is 20.2 Å². The zero-order valence-electron chi connectivity index (χ0n) is 17.5. The molecule has 0 unspecified atom stereocenters. The Bertz CT molecular complexity index is 1570. The van der Waals surface area contributed by atoms with Crippen LogP contribution in [-0.4, -0.2) is 8.07 Å². The predicted octanol–water partition coefficient (Wildman–Crippen LogP) is 5.41. The standard InChI is InChI=1S/C30H20SSi/c1-3-11-21(12-4-1)32(22-13-5-2-6-14-22)29-18-10-8-16-24(29)26-19-28-25(20-30(26)32)23-15-7-9-17-27(23)31-28/h1-20H. The van der Waals surface area contributed by atoms with Gasteiger partial charge in [0.15, 0.2) is 8.07 Å². The Kier molecular flexibility index (Phi) is 3.84. The first kappa shape index (κ1) is 18.1. The summed E-state index contributed by atoms with van der Waals surface area (Å²) in [5.74, 6) is 0. The van der Waals surface area contributed by atoms with Gasteiger partial charge in [0.1, 0.15) is 0 Å².